The second-order valence-corrected chi connectivity index (χ2v) is 6.51. The average molecular weight is 369 g/mol. The van der Waals surface area contributed by atoms with Crippen LogP contribution in [0.5, 0.6) is 0 Å². The highest BCUT2D eigenvalue weighted by atomic mass is 79.9. The van der Waals surface area contributed by atoms with E-state index < -0.39 is 0 Å². The number of carbonyl (C=O) groups is 1. The molecule has 0 aromatic carbocycles. The molecule has 0 bridgehead atoms. The maximum atomic E-state index is 12.0. The van der Waals surface area contributed by atoms with Crippen LogP contribution in [0.2, 0.25) is 0 Å². The minimum absolute atomic E-state index is 0.00241. The fraction of sp³-hybridized carbons (Fsp3) is 0.545. The van der Waals surface area contributed by atoms with Crippen LogP contribution in [-0.4, -0.2) is 22.1 Å². The van der Waals surface area contributed by atoms with Crippen LogP contribution in [-0.2, 0) is 0 Å². The number of alkyl halides is 2. The van der Waals surface area contributed by atoms with Gasteiger partial charge in [0.2, 0.25) is 0 Å². The molecule has 1 heterocycles. The molecule has 1 amide bonds. The zero-order valence-corrected chi connectivity index (χ0v) is 13.6. The molecule has 0 atom stereocenters. The van der Waals surface area contributed by atoms with Crippen molar-refractivity contribution in [2.75, 3.05) is 10.7 Å². The summed E-state index contributed by atoms with van der Waals surface area (Å²) in [5.41, 5.74) is 0.928. The van der Waals surface area contributed by atoms with Crippen molar-refractivity contribution in [1.29, 1.82) is 0 Å². The molecule has 1 aromatic heterocycles. The normalized spacial score (nSPS) is 11.6. The van der Waals surface area contributed by atoms with E-state index in [0.717, 1.165) is 15.5 Å². The largest absolute Gasteiger partial charge is 0.344 e. The number of hydrogen-bond donors (Lipinski definition) is 1. The van der Waals surface area contributed by atoms with Gasteiger partial charge in [-0.3, -0.25) is 4.79 Å². The Kier molecular flexibility index (Phi) is 5.01. The molecule has 2 nitrogen and oxygen atoms in total. The zero-order chi connectivity index (χ0) is 12.3. The maximum absolute atomic E-state index is 12.0. The summed E-state index contributed by atoms with van der Waals surface area (Å²) in [6.45, 7) is 6.06. The van der Waals surface area contributed by atoms with Crippen LogP contribution in [0.4, 0.5) is 0 Å². The van der Waals surface area contributed by atoms with Crippen molar-refractivity contribution >= 4 is 49.1 Å². The van der Waals surface area contributed by atoms with Crippen molar-refractivity contribution in [1.82, 2.24) is 5.32 Å². The predicted molar refractivity (Wildman–Crippen MR) is 77.3 cm³/mol. The Bertz CT molecular complexity index is 366. The number of aryl methyl sites for hydroxylation is 2. The minimum Gasteiger partial charge on any atom is -0.344 e. The first kappa shape index (κ1) is 14.2. The van der Waals surface area contributed by atoms with Gasteiger partial charge in [-0.05, 0) is 32.4 Å². The van der Waals surface area contributed by atoms with Crippen LogP contribution >= 0.6 is 43.2 Å². The summed E-state index contributed by atoms with van der Waals surface area (Å²) >= 11 is 8.36. The van der Waals surface area contributed by atoms with E-state index >= 15 is 0 Å². The zero-order valence-electron chi connectivity index (χ0n) is 9.56. The Morgan fingerprint density at radius 1 is 1.44 bits per heavy atom. The molecule has 5 heteroatoms. The van der Waals surface area contributed by atoms with Crippen molar-refractivity contribution in [2.24, 2.45) is 0 Å². The van der Waals surface area contributed by atoms with Crippen molar-refractivity contribution in [2.45, 2.75) is 26.3 Å². The molecule has 0 fully saturated rings. The van der Waals surface area contributed by atoms with Gasteiger partial charge in [-0.2, -0.15) is 0 Å². The molecule has 0 aliphatic heterocycles. The van der Waals surface area contributed by atoms with E-state index in [1.165, 1.54) is 10.4 Å². The average Bonchev–Trinajstić information content (AvgIpc) is 2.59. The first-order chi connectivity index (χ1) is 7.41. The molecule has 0 spiro atoms. The van der Waals surface area contributed by atoms with E-state index in [1.54, 1.807) is 11.3 Å². The van der Waals surface area contributed by atoms with Crippen LogP contribution in [0.25, 0.3) is 0 Å². The Labute approximate surface area is 117 Å². The highest BCUT2D eigenvalue weighted by molar-refractivity contribution is 9.09. The van der Waals surface area contributed by atoms with Gasteiger partial charge < -0.3 is 5.32 Å². The van der Waals surface area contributed by atoms with Gasteiger partial charge in [0.25, 0.3) is 5.91 Å². The van der Waals surface area contributed by atoms with E-state index in [2.05, 4.69) is 37.2 Å². The maximum Gasteiger partial charge on any atom is 0.261 e. The van der Waals surface area contributed by atoms with Crippen LogP contribution in [0.1, 0.15) is 27.0 Å². The number of carbonyl (C=O) groups excluding carboxylic acids is 1. The molecule has 90 valence electrons. The molecule has 0 unspecified atom stereocenters. The highest BCUT2D eigenvalue weighted by Crippen LogP contribution is 2.21. The van der Waals surface area contributed by atoms with Crippen LogP contribution in [0.15, 0.2) is 6.07 Å². The molecule has 1 N–H and O–H groups in total. The van der Waals surface area contributed by atoms with E-state index in [1.807, 2.05) is 26.8 Å². The van der Waals surface area contributed by atoms with Gasteiger partial charge in [-0.1, -0.05) is 31.9 Å². The number of rotatable bonds is 4. The third-order valence-electron chi connectivity index (χ3n) is 2.39. The quantitative estimate of drug-likeness (QED) is 0.807. The molecular weight excluding hydrogens is 354 g/mol. The summed E-state index contributed by atoms with van der Waals surface area (Å²) in [5.74, 6) is 0.00241. The van der Waals surface area contributed by atoms with E-state index in [4.69, 9.17) is 0 Å². The van der Waals surface area contributed by atoms with E-state index in [-0.39, 0.29) is 11.4 Å². The summed E-state index contributed by atoms with van der Waals surface area (Å²) in [5, 5.41) is 4.47. The first-order valence-electron chi connectivity index (χ1n) is 4.93. The third-order valence-corrected chi connectivity index (χ3v) is 6.02. The van der Waals surface area contributed by atoms with Gasteiger partial charge >= 0.3 is 0 Å². The number of nitrogens with one attached hydrogen (secondary N) is 1. The highest BCUT2D eigenvalue weighted by Gasteiger charge is 2.25. The van der Waals surface area contributed by atoms with E-state index in [0.29, 0.717) is 0 Å². The number of thiophene rings is 1. The van der Waals surface area contributed by atoms with E-state index in [9.17, 15) is 4.79 Å². The summed E-state index contributed by atoms with van der Waals surface area (Å²) in [7, 11) is 0. The van der Waals surface area contributed by atoms with Gasteiger partial charge in [-0.15, -0.1) is 11.3 Å². The summed E-state index contributed by atoms with van der Waals surface area (Å²) in [6, 6.07) is 1.94. The van der Waals surface area contributed by atoms with Crippen molar-refractivity contribution in [3.63, 3.8) is 0 Å². The predicted octanol–water partition coefficient (Wildman–Crippen LogP) is 3.64. The second kappa shape index (κ2) is 5.65. The molecule has 16 heavy (non-hydrogen) atoms. The fourth-order valence-electron chi connectivity index (χ4n) is 1.12. The second-order valence-electron chi connectivity index (χ2n) is 4.13. The van der Waals surface area contributed by atoms with Gasteiger partial charge in [0.05, 0.1) is 10.4 Å². The molecule has 1 aromatic rings. The summed E-state index contributed by atoms with van der Waals surface area (Å²) < 4.78 is 0. The first-order valence-corrected chi connectivity index (χ1v) is 7.99. The van der Waals surface area contributed by atoms with Crippen molar-refractivity contribution in [3.05, 3.63) is 21.4 Å². The Morgan fingerprint density at radius 2 is 2.00 bits per heavy atom. The molecule has 0 radical (unpaired) electrons. The van der Waals surface area contributed by atoms with Gasteiger partial charge in [-0.25, -0.2) is 0 Å². The fourth-order valence-corrected chi connectivity index (χ4v) is 3.26. The van der Waals surface area contributed by atoms with Gasteiger partial charge in [0, 0.05) is 15.5 Å². The topological polar surface area (TPSA) is 29.1 Å². The molecule has 0 aliphatic carbocycles. The Balaban J connectivity index is 2.80. The van der Waals surface area contributed by atoms with Crippen molar-refractivity contribution in [3.8, 4) is 0 Å². The van der Waals surface area contributed by atoms with Gasteiger partial charge in [0.15, 0.2) is 0 Å². The van der Waals surface area contributed by atoms with Gasteiger partial charge in [0.1, 0.15) is 0 Å². The lowest BCUT2D eigenvalue weighted by Crippen LogP contribution is -2.48. The molecule has 0 aliphatic rings. The standard InChI is InChI=1S/C11H15Br2NOS/c1-7-4-9(16-8(7)2)10(15)14-11(3,5-12)6-13/h4H,5-6H2,1-3H3,(H,14,15). The minimum atomic E-state index is -0.247. The molecular formula is C11H15Br2NOS. The lowest BCUT2D eigenvalue weighted by Gasteiger charge is -2.25. The molecule has 0 saturated carbocycles. The lowest BCUT2D eigenvalue weighted by atomic mass is 10.1. The Hall–Kier alpha value is 0.130. The smallest absolute Gasteiger partial charge is 0.261 e. The monoisotopic (exact) mass is 367 g/mol. The molecule has 1 rings (SSSR count). The SMILES string of the molecule is Cc1cc(C(=O)NC(C)(CBr)CBr)sc1C. The third kappa shape index (κ3) is 3.31. The van der Waals surface area contributed by atoms with Crippen LogP contribution < -0.4 is 5.32 Å². The number of hydrogen-bond acceptors (Lipinski definition) is 2. The summed E-state index contributed by atoms with van der Waals surface area (Å²) in [6.07, 6.45) is 0. The molecule has 0 saturated heterocycles. The Morgan fingerprint density at radius 3 is 2.38 bits per heavy atom. The van der Waals surface area contributed by atoms with Crippen LogP contribution in [0, 0.1) is 13.8 Å². The number of amides is 1. The summed E-state index contributed by atoms with van der Waals surface area (Å²) in [4.78, 5) is 14.0. The van der Waals surface area contributed by atoms with Crippen molar-refractivity contribution < 1.29 is 4.79 Å². The number of halogens is 2. The van der Waals surface area contributed by atoms with Crippen LogP contribution in [0.3, 0.4) is 0 Å². The lowest BCUT2D eigenvalue weighted by molar-refractivity contribution is 0.0927.